The molecule has 0 radical (unpaired) electrons. The quantitative estimate of drug-likeness (QED) is 0.735. The third kappa shape index (κ3) is 5.11. The number of carbonyl (C=O) groups excluding carboxylic acids is 1. The number of esters is 1. The largest absolute Gasteiger partial charge is 0.481 e. The van der Waals surface area contributed by atoms with Crippen molar-refractivity contribution in [1.82, 2.24) is 0 Å². The minimum atomic E-state index is -0.858. The summed E-state index contributed by atoms with van der Waals surface area (Å²) in [5, 5.41) is 8.78. The van der Waals surface area contributed by atoms with Gasteiger partial charge in [-0.1, -0.05) is 39.8 Å². The van der Waals surface area contributed by atoms with Crippen LogP contribution in [-0.2, 0) is 16.0 Å². The van der Waals surface area contributed by atoms with E-state index in [2.05, 4.69) is 15.9 Å². The van der Waals surface area contributed by atoms with E-state index in [1.54, 1.807) is 25.1 Å². The van der Waals surface area contributed by atoms with Crippen molar-refractivity contribution in [2.75, 3.05) is 6.61 Å². The standard InChI is InChI=1S/C17H15BrO4S/c1-2-22-17(21)14-10-12(18)5-8-15(14)23-13-6-3-11(4-7-13)9-16(19)20/h3-8,10H,2,9H2,1H3,(H,19,20). The van der Waals surface area contributed by atoms with E-state index in [0.717, 1.165) is 19.8 Å². The summed E-state index contributed by atoms with van der Waals surface area (Å²) in [5.41, 5.74) is 1.24. The highest BCUT2D eigenvalue weighted by molar-refractivity contribution is 9.10. The molecule has 0 unspecified atom stereocenters. The van der Waals surface area contributed by atoms with Crippen LogP contribution in [0.25, 0.3) is 0 Å². The van der Waals surface area contributed by atoms with Crippen molar-refractivity contribution < 1.29 is 19.4 Å². The second-order valence-electron chi connectivity index (χ2n) is 4.68. The lowest BCUT2D eigenvalue weighted by Gasteiger charge is -2.09. The minimum absolute atomic E-state index is 0.00267. The van der Waals surface area contributed by atoms with Gasteiger partial charge in [0.15, 0.2) is 0 Å². The maximum absolute atomic E-state index is 12.1. The van der Waals surface area contributed by atoms with Crippen molar-refractivity contribution in [2.45, 2.75) is 23.1 Å². The van der Waals surface area contributed by atoms with Gasteiger partial charge in [0.25, 0.3) is 0 Å². The highest BCUT2D eigenvalue weighted by atomic mass is 79.9. The van der Waals surface area contributed by atoms with E-state index in [0.29, 0.717) is 12.2 Å². The molecule has 0 aliphatic rings. The molecule has 0 amide bonds. The number of carbonyl (C=O) groups is 2. The lowest BCUT2D eigenvalue weighted by Crippen LogP contribution is -2.06. The summed E-state index contributed by atoms with van der Waals surface area (Å²) < 4.78 is 5.89. The highest BCUT2D eigenvalue weighted by Gasteiger charge is 2.14. The summed E-state index contributed by atoms with van der Waals surface area (Å²) in [5.74, 6) is -1.22. The van der Waals surface area contributed by atoms with Gasteiger partial charge in [-0.15, -0.1) is 0 Å². The molecule has 23 heavy (non-hydrogen) atoms. The van der Waals surface area contributed by atoms with Crippen LogP contribution in [0.5, 0.6) is 0 Å². The molecular weight excluding hydrogens is 380 g/mol. The molecule has 0 fully saturated rings. The van der Waals surface area contributed by atoms with E-state index < -0.39 is 5.97 Å². The Kier molecular flexibility index (Phi) is 6.24. The van der Waals surface area contributed by atoms with Crippen molar-refractivity contribution in [3.05, 3.63) is 58.1 Å². The Hall–Kier alpha value is -1.79. The van der Waals surface area contributed by atoms with Crippen LogP contribution in [0, 0.1) is 0 Å². The number of ether oxygens (including phenoxy) is 1. The van der Waals surface area contributed by atoms with Crippen molar-refractivity contribution in [3.63, 3.8) is 0 Å². The molecular formula is C17H15BrO4S. The van der Waals surface area contributed by atoms with Crippen molar-refractivity contribution in [3.8, 4) is 0 Å². The predicted molar refractivity (Wildman–Crippen MR) is 92.0 cm³/mol. The first-order valence-corrected chi connectivity index (χ1v) is 8.55. The van der Waals surface area contributed by atoms with Crippen molar-refractivity contribution in [2.24, 2.45) is 0 Å². The first-order chi connectivity index (χ1) is 11.0. The number of aliphatic carboxylic acids is 1. The number of carboxylic acid groups (broad SMARTS) is 1. The van der Waals surface area contributed by atoms with Gasteiger partial charge < -0.3 is 9.84 Å². The number of halogens is 1. The van der Waals surface area contributed by atoms with Gasteiger partial charge in [-0.2, -0.15) is 0 Å². The second kappa shape index (κ2) is 8.17. The molecule has 6 heteroatoms. The minimum Gasteiger partial charge on any atom is -0.481 e. The number of benzene rings is 2. The normalized spacial score (nSPS) is 10.3. The molecule has 4 nitrogen and oxygen atoms in total. The lowest BCUT2D eigenvalue weighted by molar-refractivity contribution is -0.136. The molecule has 120 valence electrons. The molecule has 0 spiro atoms. The number of hydrogen-bond donors (Lipinski definition) is 1. The summed E-state index contributed by atoms with van der Waals surface area (Å²) in [7, 11) is 0. The molecule has 0 aliphatic carbocycles. The maximum atomic E-state index is 12.1. The zero-order valence-electron chi connectivity index (χ0n) is 12.4. The van der Waals surface area contributed by atoms with Crippen LogP contribution >= 0.6 is 27.7 Å². The molecule has 1 N–H and O–H groups in total. The molecule has 2 aromatic carbocycles. The van der Waals surface area contributed by atoms with Crippen LogP contribution in [0.2, 0.25) is 0 Å². The fourth-order valence-corrected chi connectivity index (χ4v) is 3.21. The zero-order chi connectivity index (χ0) is 16.8. The third-order valence-electron chi connectivity index (χ3n) is 2.94. The predicted octanol–water partition coefficient (Wildman–Crippen LogP) is 4.40. The monoisotopic (exact) mass is 394 g/mol. The van der Waals surface area contributed by atoms with E-state index in [4.69, 9.17) is 9.84 Å². The van der Waals surface area contributed by atoms with Crippen LogP contribution in [0.1, 0.15) is 22.8 Å². The number of carboxylic acids is 1. The van der Waals surface area contributed by atoms with E-state index >= 15 is 0 Å². The number of rotatable bonds is 6. The Labute approximate surface area is 147 Å². The molecule has 0 heterocycles. The fourth-order valence-electron chi connectivity index (χ4n) is 1.94. The molecule has 0 saturated heterocycles. The summed E-state index contributed by atoms with van der Waals surface area (Å²) in [6, 6.07) is 12.7. The van der Waals surface area contributed by atoms with E-state index in [1.807, 2.05) is 24.3 Å². The van der Waals surface area contributed by atoms with Gasteiger partial charge in [-0.25, -0.2) is 4.79 Å². The number of hydrogen-bond acceptors (Lipinski definition) is 4. The highest BCUT2D eigenvalue weighted by Crippen LogP contribution is 2.32. The van der Waals surface area contributed by atoms with Gasteiger partial charge in [0, 0.05) is 14.3 Å². The van der Waals surface area contributed by atoms with Gasteiger partial charge in [0.1, 0.15) is 0 Å². The van der Waals surface area contributed by atoms with Gasteiger partial charge in [0.2, 0.25) is 0 Å². The SMILES string of the molecule is CCOC(=O)c1cc(Br)ccc1Sc1ccc(CC(=O)O)cc1. The molecule has 0 atom stereocenters. The van der Waals surface area contributed by atoms with Crippen LogP contribution in [0.15, 0.2) is 56.7 Å². The van der Waals surface area contributed by atoms with Crippen molar-refractivity contribution >= 4 is 39.6 Å². The fraction of sp³-hybridized carbons (Fsp3) is 0.176. The van der Waals surface area contributed by atoms with Crippen LogP contribution in [-0.4, -0.2) is 23.7 Å². The van der Waals surface area contributed by atoms with E-state index in [9.17, 15) is 9.59 Å². The Morgan fingerprint density at radius 3 is 2.48 bits per heavy atom. The van der Waals surface area contributed by atoms with E-state index in [-0.39, 0.29) is 12.4 Å². The maximum Gasteiger partial charge on any atom is 0.339 e. The first-order valence-electron chi connectivity index (χ1n) is 6.95. The topological polar surface area (TPSA) is 63.6 Å². The van der Waals surface area contributed by atoms with Crippen LogP contribution in [0.4, 0.5) is 0 Å². The van der Waals surface area contributed by atoms with Gasteiger partial charge in [0.05, 0.1) is 18.6 Å². The first kappa shape index (κ1) is 17.6. The average Bonchev–Trinajstić information content (AvgIpc) is 2.50. The van der Waals surface area contributed by atoms with Gasteiger partial charge in [-0.05, 0) is 42.8 Å². The molecule has 2 rings (SSSR count). The molecule has 0 aromatic heterocycles. The Balaban J connectivity index is 2.22. The molecule has 0 saturated carbocycles. The summed E-state index contributed by atoms with van der Waals surface area (Å²) in [4.78, 5) is 24.5. The Bertz CT molecular complexity index is 713. The van der Waals surface area contributed by atoms with Gasteiger partial charge >= 0.3 is 11.9 Å². The Morgan fingerprint density at radius 2 is 1.87 bits per heavy atom. The smallest absolute Gasteiger partial charge is 0.339 e. The molecule has 0 bridgehead atoms. The van der Waals surface area contributed by atoms with E-state index in [1.165, 1.54) is 11.8 Å². The Morgan fingerprint density at radius 1 is 1.17 bits per heavy atom. The van der Waals surface area contributed by atoms with Crippen LogP contribution < -0.4 is 0 Å². The second-order valence-corrected chi connectivity index (χ2v) is 6.71. The molecule has 0 aliphatic heterocycles. The molecule has 2 aromatic rings. The third-order valence-corrected chi connectivity index (χ3v) is 4.52. The lowest BCUT2D eigenvalue weighted by atomic mass is 10.2. The summed E-state index contributed by atoms with van der Waals surface area (Å²) in [6.45, 7) is 2.09. The average molecular weight is 395 g/mol. The van der Waals surface area contributed by atoms with Crippen LogP contribution in [0.3, 0.4) is 0 Å². The summed E-state index contributed by atoms with van der Waals surface area (Å²) >= 11 is 4.80. The summed E-state index contributed by atoms with van der Waals surface area (Å²) in [6.07, 6.45) is -0.00267. The van der Waals surface area contributed by atoms with Gasteiger partial charge in [-0.3, -0.25) is 4.79 Å². The zero-order valence-corrected chi connectivity index (χ0v) is 14.8. The van der Waals surface area contributed by atoms with Crippen molar-refractivity contribution in [1.29, 1.82) is 0 Å².